The maximum atomic E-state index is 13.9. The Kier molecular flexibility index (Phi) is 4.52. The molecule has 124 valence electrons. The molecule has 0 atom stereocenters. The van der Waals surface area contributed by atoms with Crippen molar-refractivity contribution in [3.05, 3.63) is 69.1 Å². The summed E-state index contributed by atoms with van der Waals surface area (Å²) < 4.78 is 15.8. The SMILES string of the molecule is Cc1c(CC(=O)O)c2cc(F)c(Cl)cc2n1Cc1cccc(Cl)c1. The fraction of sp³-hybridized carbons (Fsp3) is 0.167. The first-order valence-corrected chi connectivity index (χ1v) is 8.05. The summed E-state index contributed by atoms with van der Waals surface area (Å²) in [5, 5.41) is 10.4. The second-order valence-electron chi connectivity index (χ2n) is 5.63. The Hall–Kier alpha value is -2.04. The number of hydrogen-bond donors (Lipinski definition) is 1. The molecule has 3 nitrogen and oxygen atoms in total. The lowest BCUT2D eigenvalue weighted by atomic mass is 10.1. The van der Waals surface area contributed by atoms with Crippen LogP contribution in [0.2, 0.25) is 10.0 Å². The quantitative estimate of drug-likeness (QED) is 0.700. The van der Waals surface area contributed by atoms with Crippen molar-refractivity contribution in [2.75, 3.05) is 0 Å². The Morgan fingerprint density at radius 2 is 2.00 bits per heavy atom. The standard InChI is InChI=1S/C18H14Cl2FNO2/c1-10-13(7-18(23)24)14-6-16(21)15(20)8-17(14)22(10)9-11-3-2-4-12(19)5-11/h2-6,8H,7,9H2,1H3,(H,23,24). The number of hydrogen-bond acceptors (Lipinski definition) is 1. The molecular formula is C18H14Cl2FNO2. The van der Waals surface area contributed by atoms with Gasteiger partial charge >= 0.3 is 5.97 Å². The van der Waals surface area contributed by atoms with Gasteiger partial charge in [-0.1, -0.05) is 35.3 Å². The molecule has 0 aliphatic heterocycles. The van der Waals surface area contributed by atoms with Gasteiger partial charge in [0.1, 0.15) is 5.82 Å². The van der Waals surface area contributed by atoms with E-state index in [0.29, 0.717) is 28.0 Å². The van der Waals surface area contributed by atoms with Crippen LogP contribution in [0.1, 0.15) is 16.8 Å². The minimum Gasteiger partial charge on any atom is -0.481 e. The third kappa shape index (κ3) is 3.12. The summed E-state index contributed by atoms with van der Waals surface area (Å²) in [6.45, 7) is 2.32. The molecule has 0 bridgehead atoms. The number of fused-ring (bicyclic) bond motifs is 1. The third-order valence-corrected chi connectivity index (χ3v) is 4.58. The highest BCUT2D eigenvalue weighted by molar-refractivity contribution is 6.31. The Bertz CT molecular complexity index is 950. The van der Waals surface area contributed by atoms with Gasteiger partial charge in [-0.3, -0.25) is 4.79 Å². The van der Waals surface area contributed by atoms with Gasteiger partial charge in [-0.15, -0.1) is 0 Å². The van der Waals surface area contributed by atoms with Crippen molar-refractivity contribution in [2.45, 2.75) is 19.9 Å². The fourth-order valence-electron chi connectivity index (χ4n) is 2.94. The van der Waals surface area contributed by atoms with E-state index < -0.39 is 11.8 Å². The smallest absolute Gasteiger partial charge is 0.307 e. The molecule has 2 aromatic carbocycles. The summed E-state index contributed by atoms with van der Waals surface area (Å²) in [4.78, 5) is 11.2. The van der Waals surface area contributed by atoms with Crippen LogP contribution < -0.4 is 0 Å². The maximum absolute atomic E-state index is 13.9. The number of rotatable bonds is 4. The van der Waals surface area contributed by atoms with E-state index in [1.54, 1.807) is 6.07 Å². The zero-order valence-corrected chi connectivity index (χ0v) is 14.3. The van der Waals surface area contributed by atoms with Crippen molar-refractivity contribution in [3.8, 4) is 0 Å². The summed E-state index contributed by atoms with van der Waals surface area (Å²) in [5.74, 6) is -1.52. The van der Waals surface area contributed by atoms with Crippen LogP contribution in [0.5, 0.6) is 0 Å². The zero-order valence-electron chi connectivity index (χ0n) is 12.8. The average Bonchev–Trinajstić information content (AvgIpc) is 2.73. The van der Waals surface area contributed by atoms with Crippen LogP contribution in [0.25, 0.3) is 10.9 Å². The Labute approximate surface area is 148 Å². The number of carboxylic acids is 1. The van der Waals surface area contributed by atoms with Crippen LogP contribution in [-0.4, -0.2) is 15.6 Å². The predicted molar refractivity (Wildman–Crippen MR) is 93.5 cm³/mol. The van der Waals surface area contributed by atoms with E-state index in [1.807, 2.05) is 29.7 Å². The number of aromatic nitrogens is 1. The molecule has 0 radical (unpaired) electrons. The van der Waals surface area contributed by atoms with Gasteiger partial charge in [-0.25, -0.2) is 4.39 Å². The Morgan fingerprint density at radius 1 is 1.25 bits per heavy atom. The molecule has 3 aromatic rings. The molecule has 0 amide bonds. The van der Waals surface area contributed by atoms with Gasteiger partial charge in [0.15, 0.2) is 0 Å². The highest BCUT2D eigenvalue weighted by Gasteiger charge is 2.18. The highest BCUT2D eigenvalue weighted by atomic mass is 35.5. The van der Waals surface area contributed by atoms with Crippen molar-refractivity contribution in [1.29, 1.82) is 0 Å². The molecule has 6 heteroatoms. The second kappa shape index (κ2) is 6.46. The van der Waals surface area contributed by atoms with Crippen molar-refractivity contribution >= 4 is 40.1 Å². The van der Waals surface area contributed by atoms with Gasteiger partial charge < -0.3 is 9.67 Å². The fourth-order valence-corrected chi connectivity index (χ4v) is 3.31. The first kappa shape index (κ1) is 16.8. The summed E-state index contributed by atoms with van der Waals surface area (Å²) in [5.41, 5.74) is 3.03. The number of benzene rings is 2. The minimum atomic E-state index is -0.963. The summed E-state index contributed by atoms with van der Waals surface area (Å²) in [7, 11) is 0. The van der Waals surface area contributed by atoms with E-state index >= 15 is 0 Å². The number of halogens is 3. The van der Waals surface area contributed by atoms with Crippen LogP contribution in [0, 0.1) is 12.7 Å². The van der Waals surface area contributed by atoms with Crippen LogP contribution in [0.15, 0.2) is 36.4 Å². The lowest BCUT2D eigenvalue weighted by Gasteiger charge is -2.09. The van der Waals surface area contributed by atoms with Crippen LogP contribution in [-0.2, 0) is 17.8 Å². The molecule has 1 aromatic heterocycles. The van der Waals surface area contributed by atoms with E-state index in [-0.39, 0.29) is 11.4 Å². The normalized spacial score (nSPS) is 11.2. The largest absolute Gasteiger partial charge is 0.481 e. The molecule has 0 unspecified atom stereocenters. The van der Waals surface area contributed by atoms with Gasteiger partial charge in [0.2, 0.25) is 0 Å². The van der Waals surface area contributed by atoms with Gasteiger partial charge in [-0.05, 0) is 42.3 Å². The number of carboxylic acid groups (broad SMARTS) is 1. The molecule has 0 saturated heterocycles. The summed E-state index contributed by atoms with van der Waals surface area (Å²) >= 11 is 12.0. The highest BCUT2D eigenvalue weighted by Crippen LogP contribution is 2.31. The Balaban J connectivity index is 2.20. The molecule has 0 aliphatic rings. The minimum absolute atomic E-state index is 0.00854. The molecule has 0 saturated carbocycles. The molecule has 1 heterocycles. The predicted octanol–water partition coefficient (Wildman–Crippen LogP) is 5.07. The first-order chi connectivity index (χ1) is 11.4. The number of nitrogens with zero attached hydrogens (tertiary/aromatic N) is 1. The molecule has 0 spiro atoms. The third-order valence-electron chi connectivity index (χ3n) is 4.05. The molecular weight excluding hydrogens is 352 g/mol. The van der Waals surface area contributed by atoms with Crippen LogP contribution in [0.3, 0.4) is 0 Å². The van der Waals surface area contributed by atoms with E-state index in [9.17, 15) is 9.18 Å². The van der Waals surface area contributed by atoms with E-state index in [4.69, 9.17) is 28.3 Å². The van der Waals surface area contributed by atoms with Crippen molar-refractivity contribution < 1.29 is 14.3 Å². The van der Waals surface area contributed by atoms with Gasteiger partial charge in [0, 0.05) is 22.6 Å². The second-order valence-corrected chi connectivity index (χ2v) is 6.48. The van der Waals surface area contributed by atoms with E-state index in [1.165, 1.54) is 12.1 Å². The number of carbonyl (C=O) groups is 1. The van der Waals surface area contributed by atoms with E-state index in [2.05, 4.69) is 0 Å². The van der Waals surface area contributed by atoms with E-state index in [0.717, 1.165) is 11.3 Å². The molecule has 3 rings (SSSR count). The lowest BCUT2D eigenvalue weighted by molar-refractivity contribution is -0.136. The monoisotopic (exact) mass is 365 g/mol. The van der Waals surface area contributed by atoms with Crippen molar-refractivity contribution in [2.24, 2.45) is 0 Å². The maximum Gasteiger partial charge on any atom is 0.307 e. The number of aliphatic carboxylic acids is 1. The Morgan fingerprint density at radius 3 is 2.67 bits per heavy atom. The molecule has 1 N–H and O–H groups in total. The first-order valence-electron chi connectivity index (χ1n) is 7.29. The zero-order chi connectivity index (χ0) is 17.4. The van der Waals surface area contributed by atoms with Crippen LogP contribution in [0.4, 0.5) is 4.39 Å². The van der Waals surface area contributed by atoms with Crippen molar-refractivity contribution in [3.63, 3.8) is 0 Å². The van der Waals surface area contributed by atoms with Crippen LogP contribution >= 0.6 is 23.2 Å². The average molecular weight is 366 g/mol. The molecule has 0 aliphatic carbocycles. The molecule has 0 fully saturated rings. The summed E-state index contributed by atoms with van der Waals surface area (Å²) in [6, 6.07) is 10.2. The van der Waals surface area contributed by atoms with Gasteiger partial charge in [0.25, 0.3) is 0 Å². The van der Waals surface area contributed by atoms with Gasteiger partial charge in [-0.2, -0.15) is 0 Å². The van der Waals surface area contributed by atoms with Gasteiger partial charge in [0.05, 0.1) is 17.0 Å². The molecule has 24 heavy (non-hydrogen) atoms. The summed E-state index contributed by atoms with van der Waals surface area (Å²) in [6.07, 6.45) is -0.175. The lowest BCUT2D eigenvalue weighted by Crippen LogP contribution is -2.05. The van der Waals surface area contributed by atoms with Crippen molar-refractivity contribution in [1.82, 2.24) is 4.57 Å². The topological polar surface area (TPSA) is 42.2 Å².